The van der Waals surface area contributed by atoms with Gasteiger partial charge in [-0.1, -0.05) is 60.1 Å². The third-order valence-electron chi connectivity index (χ3n) is 12.3. The molecule has 194 valence electrons. The van der Waals surface area contributed by atoms with Gasteiger partial charge in [-0.2, -0.15) is 5.26 Å². The molecule has 3 fully saturated rings. The van der Waals surface area contributed by atoms with Crippen LogP contribution in [-0.2, 0) is 14.4 Å². The summed E-state index contributed by atoms with van der Waals surface area (Å²) in [6.07, 6.45) is 8.98. The zero-order valence-corrected chi connectivity index (χ0v) is 23.0. The first-order valence-electron chi connectivity index (χ1n) is 13.7. The second kappa shape index (κ2) is 7.21. The molecule has 7 atom stereocenters. The number of nitrogens with zero attached hydrogens (tertiary/aromatic N) is 1. The van der Waals surface area contributed by atoms with E-state index in [1.165, 1.54) is 0 Å². The number of carbonyl (C=O) groups is 3. The molecule has 0 aliphatic heterocycles. The molecule has 5 rings (SSSR count). The third kappa shape index (κ3) is 2.85. The second-order valence-electron chi connectivity index (χ2n) is 14.7. The van der Waals surface area contributed by atoms with E-state index in [0.29, 0.717) is 19.3 Å². The average molecular weight is 492 g/mol. The van der Waals surface area contributed by atoms with E-state index in [4.69, 9.17) is 0 Å². The molecule has 0 amide bonds. The van der Waals surface area contributed by atoms with Crippen molar-refractivity contribution in [3.05, 3.63) is 23.3 Å². The topological polar surface area (TPSA) is 95.2 Å². The van der Waals surface area contributed by atoms with Crippen molar-refractivity contribution in [1.82, 2.24) is 0 Å². The predicted molar refractivity (Wildman–Crippen MR) is 137 cm³/mol. The van der Waals surface area contributed by atoms with Crippen LogP contribution in [0.1, 0.15) is 93.4 Å². The number of Topliss-reactive ketones (excluding diaryl/α,β-unsaturated/α-hetero) is 1. The van der Waals surface area contributed by atoms with Crippen molar-refractivity contribution in [2.45, 2.75) is 93.4 Å². The second-order valence-corrected chi connectivity index (χ2v) is 14.7. The summed E-state index contributed by atoms with van der Waals surface area (Å²) in [4.78, 5) is 40.2. The Morgan fingerprint density at radius 2 is 1.64 bits per heavy atom. The highest BCUT2D eigenvalue weighted by molar-refractivity contribution is 6.04. The Morgan fingerprint density at radius 3 is 2.25 bits per heavy atom. The predicted octanol–water partition coefficient (Wildman–Crippen LogP) is 6.29. The van der Waals surface area contributed by atoms with Gasteiger partial charge in [0.05, 0.1) is 11.0 Å². The van der Waals surface area contributed by atoms with Crippen LogP contribution in [0.15, 0.2) is 23.3 Å². The van der Waals surface area contributed by atoms with E-state index in [1.807, 2.05) is 26.0 Å². The fraction of sp³-hybridized carbons (Fsp3) is 0.742. The smallest absolute Gasteiger partial charge is 0.309 e. The highest BCUT2D eigenvalue weighted by Gasteiger charge is 2.70. The molecule has 5 aliphatic rings. The summed E-state index contributed by atoms with van der Waals surface area (Å²) in [5.74, 6) is -1.27. The summed E-state index contributed by atoms with van der Waals surface area (Å²) in [6.45, 7) is 15.0. The van der Waals surface area contributed by atoms with Gasteiger partial charge in [-0.3, -0.25) is 14.4 Å². The number of hydrogen-bond donors (Lipinski definition) is 1. The number of carbonyl (C=O) groups excluding carboxylic acids is 2. The van der Waals surface area contributed by atoms with Crippen LogP contribution < -0.4 is 0 Å². The van der Waals surface area contributed by atoms with Gasteiger partial charge in [-0.05, 0) is 79.1 Å². The zero-order chi connectivity index (χ0) is 26.7. The number of fused-ring (bicyclic) bond motifs is 7. The van der Waals surface area contributed by atoms with Crippen LogP contribution in [0.4, 0.5) is 0 Å². The molecule has 0 aromatic heterocycles. The molecule has 0 saturated heterocycles. The van der Waals surface area contributed by atoms with E-state index >= 15 is 0 Å². The van der Waals surface area contributed by atoms with Crippen molar-refractivity contribution in [2.24, 2.45) is 50.2 Å². The first kappa shape index (κ1) is 25.4. The fourth-order valence-corrected chi connectivity index (χ4v) is 10.0. The average Bonchev–Trinajstić information content (AvgIpc) is 2.77. The first-order valence-corrected chi connectivity index (χ1v) is 13.7. The number of hydrogen-bond acceptors (Lipinski definition) is 4. The van der Waals surface area contributed by atoms with E-state index in [9.17, 15) is 24.8 Å². The first-order chi connectivity index (χ1) is 16.5. The fourth-order valence-electron chi connectivity index (χ4n) is 10.0. The SMILES string of the molecule is CC1(C)CCC2(C(=O)O)CC[C@]3(C)C(C(=O)C=C4C5(C)C=C(C#N)C(=O)C(C)(C)C5CC[C@]43C)C2C1. The Labute approximate surface area is 215 Å². The van der Waals surface area contributed by atoms with Gasteiger partial charge < -0.3 is 5.11 Å². The Kier molecular flexibility index (Phi) is 5.09. The third-order valence-corrected chi connectivity index (χ3v) is 12.3. The van der Waals surface area contributed by atoms with Gasteiger partial charge in [0.25, 0.3) is 0 Å². The lowest BCUT2D eigenvalue weighted by Crippen LogP contribution is -2.65. The van der Waals surface area contributed by atoms with Crippen molar-refractivity contribution in [2.75, 3.05) is 0 Å². The molecule has 5 heteroatoms. The monoisotopic (exact) mass is 491 g/mol. The van der Waals surface area contributed by atoms with Crippen LogP contribution in [0.3, 0.4) is 0 Å². The highest BCUT2D eigenvalue weighted by Crippen LogP contribution is 2.74. The molecular formula is C31H41NO4. The number of carboxylic acid groups (broad SMARTS) is 1. The van der Waals surface area contributed by atoms with Gasteiger partial charge >= 0.3 is 5.97 Å². The lowest BCUT2D eigenvalue weighted by atomic mass is 9.34. The normalized spacial score (nSPS) is 46.7. The molecule has 1 N–H and O–H groups in total. The molecule has 36 heavy (non-hydrogen) atoms. The molecule has 0 aromatic rings. The number of carboxylic acids is 1. The number of aliphatic carboxylic acids is 1. The standard InChI is InChI=1S/C31H41NO4/c1-26(2)10-12-31(25(35)36)13-11-30(7)23(19(31)16-26)20(33)14-22-28(5)15-18(17-32)24(34)27(3,4)21(28)8-9-29(22,30)6/h14-15,19,21,23H,8-13,16H2,1-7H3,(H,35,36)/t19?,21?,23?,28?,29-,30-,31?/m1/s1. The summed E-state index contributed by atoms with van der Waals surface area (Å²) < 4.78 is 0. The van der Waals surface area contributed by atoms with Crippen molar-refractivity contribution in [3.63, 3.8) is 0 Å². The van der Waals surface area contributed by atoms with Crippen LogP contribution in [0.2, 0.25) is 0 Å². The Hall–Kier alpha value is -2.22. The van der Waals surface area contributed by atoms with Crippen molar-refractivity contribution in [1.29, 1.82) is 5.26 Å². The van der Waals surface area contributed by atoms with E-state index in [2.05, 4.69) is 40.7 Å². The molecule has 0 radical (unpaired) electrons. The lowest BCUT2D eigenvalue weighted by molar-refractivity contribution is -0.188. The van der Waals surface area contributed by atoms with Crippen LogP contribution >= 0.6 is 0 Å². The molecule has 0 aromatic carbocycles. The Bertz CT molecular complexity index is 1180. The van der Waals surface area contributed by atoms with Gasteiger partial charge in [-0.25, -0.2) is 0 Å². The van der Waals surface area contributed by atoms with Crippen LogP contribution in [0.25, 0.3) is 0 Å². The molecule has 5 nitrogen and oxygen atoms in total. The molecule has 0 bridgehead atoms. The molecule has 0 heterocycles. The maximum absolute atomic E-state index is 14.2. The van der Waals surface area contributed by atoms with Gasteiger partial charge in [0.2, 0.25) is 0 Å². The summed E-state index contributed by atoms with van der Waals surface area (Å²) >= 11 is 0. The summed E-state index contributed by atoms with van der Waals surface area (Å²) in [5, 5.41) is 20.3. The van der Waals surface area contributed by atoms with Crippen LogP contribution in [-0.4, -0.2) is 22.6 Å². The number of nitriles is 1. The van der Waals surface area contributed by atoms with Gasteiger partial charge in [0.15, 0.2) is 11.6 Å². The maximum Gasteiger partial charge on any atom is 0.309 e. The quantitative estimate of drug-likeness (QED) is 0.465. The minimum atomic E-state index is -0.828. The van der Waals surface area contributed by atoms with Gasteiger partial charge in [0, 0.05) is 16.7 Å². The number of allylic oxidation sites excluding steroid dienone is 4. The maximum atomic E-state index is 14.2. The van der Waals surface area contributed by atoms with E-state index in [-0.39, 0.29) is 51.1 Å². The van der Waals surface area contributed by atoms with Crippen LogP contribution in [0, 0.1) is 61.6 Å². The Morgan fingerprint density at radius 1 is 1.00 bits per heavy atom. The zero-order valence-electron chi connectivity index (χ0n) is 23.0. The van der Waals surface area contributed by atoms with Crippen molar-refractivity contribution >= 4 is 17.5 Å². The summed E-state index contributed by atoms with van der Waals surface area (Å²) in [5.41, 5.74) is -1.49. The largest absolute Gasteiger partial charge is 0.481 e. The number of ketones is 2. The minimum absolute atomic E-state index is 0.00880. The van der Waals surface area contributed by atoms with Crippen molar-refractivity contribution in [3.8, 4) is 6.07 Å². The van der Waals surface area contributed by atoms with Gasteiger partial charge in [0.1, 0.15) is 6.07 Å². The highest BCUT2D eigenvalue weighted by atomic mass is 16.4. The minimum Gasteiger partial charge on any atom is -0.481 e. The van der Waals surface area contributed by atoms with E-state index < -0.39 is 22.2 Å². The van der Waals surface area contributed by atoms with E-state index in [0.717, 1.165) is 31.3 Å². The van der Waals surface area contributed by atoms with Crippen LogP contribution in [0.5, 0.6) is 0 Å². The molecule has 3 saturated carbocycles. The van der Waals surface area contributed by atoms with E-state index in [1.54, 1.807) is 0 Å². The molecule has 0 spiro atoms. The molecule has 5 aliphatic carbocycles. The number of rotatable bonds is 1. The lowest BCUT2D eigenvalue weighted by Gasteiger charge is -2.68. The summed E-state index contributed by atoms with van der Waals surface area (Å²) in [7, 11) is 0. The Balaban J connectivity index is 1.71. The van der Waals surface area contributed by atoms with Crippen molar-refractivity contribution < 1.29 is 19.5 Å². The molecule has 5 unspecified atom stereocenters. The molecular weight excluding hydrogens is 450 g/mol. The summed E-state index contributed by atoms with van der Waals surface area (Å²) in [6, 6.07) is 2.15. The van der Waals surface area contributed by atoms with Gasteiger partial charge in [-0.15, -0.1) is 0 Å².